The number of hydrogen-bond donors (Lipinski definition) is 0. The maximum Gasteiger partial charge on any atom is 0.120 e. The molecule has 1 atom stereocenters. The summed E-state index contributed by atoms with van der Waals surface area (Å²) in [6.07, 6.45) is 3.57. The number of fused-ring (bicyclic) bond motifs is 1. The van der Waals surface area contributed by atoms with Gasteiger partial charge in [0.05, 0.1) is 6.10 Å². The maximum atomic E-state index is 5.88. The Bertz CT molecular complexity index is 563. The molecule has 1 aliphatic carbocycles. The van der Waals surface area contributed by atoms with Gasteiger partial charge in [-0.25, -0.2) is 0 Å². The first-order chi connectivity index (χ1) is 9.85. The highest BCUT2D eigenvalue weighted by Gasteiger charge is 2.18. The lowest BCUT2D eigenvalue weighted by Crippen LogP contribution is -2.21. The van der Waals surface area contributed by atoms with Crippen LogP contribution in [0.3, 0.4) is 0 Å². The van der Waals surface area contributed by atoms with E-state index in [-0.39, 0.29) is 0 Å². The largest absolute Gasteiger partial charge is 0.489 e. The van der Waals surface area contributed by atoms with Gasteiger partial charge in [0.2, 0.25) is 0 Å². The van der Waals surface area contributed by atoms with E-state index in [4.69, 9.17) is 9.47 Å². The number of benzene rings is 2. The molecule has 0 radical (unpaired) electrons. The van der Waals surface area contributed by atoms with Crippen LogP contribution in [0.4, 0.5) is 0 Å². The van der Waals surface area contributed by atoms with E-state index in [0.717, 1.165) is 25.0 Å². The van der Waals surface area contributed by atoms with Crippen molar-refractivity contribution >= 4 is 0 Å². The zero-order chi connectivity index (χ0) is 13.8. The summed E-state index contributed by atoms with van der Waals surface area (Å²) < 4.78 is 11.3. The fourth-order valence-corrected chi connectivity index (χ4v) is 2.73. The summed E-state index contributed by atoms with van der Waals surface area (Å²) in [6, 6.07) is 16.7. The Morgan fingerprint density at radius 1 is 1.05 bits per heavy atom. The smallest absolute Gasteiger partial charge is 0.120 e. The molecule has 2 aromatic carbocycles. The van der Waals surface area contributed by atoms with Crippen LogP contribution < -0.4 is 4.74 Å². The number of methoxy groups -OCH3 is 1. The molecule has 0 aliphatic heterocycles. The standard InChI is InChI=1S/C18H20O2/c1-19-17-9-7-16-12-18(10-8-15(16)11-17)20-13-14-5-3-2-4-6-14/h2-6,8,10,12,17H,7,9,11,13H2,1H3. The summed E-state index contributed by atoms with van der Waals surface area (Å²) >= 11 is 0. The molecular weight excluding hydrogens is 248 g/mol. The van der Waals surface area contributed by atoms with E-state index in [1.54, 1.807) is 7.11 Å². The molecule has 0 fully saturated rings. The Balaban J connectivity index is 1.67. The predicted molar refractivity (Wildman–Crippen MR) is 80.0 cm³/mol. The van der Waals surface area contributed by atoms with Gasteiger partial charge in [0.25, 0.3) is 0 Å². The first-order valence-corrected chi connectivity index (χ1v) is 7.16. The van der Waals surface area contributed by atoms with Crippen molar-refractivity contribution in [3.05, 3.63) is 65.2 Å². The van der Waals surface area contributed by atoms with Crippen LogP contribution in [-0.4, -0.2) is 13.2 Å². The lowest BCUT2D eigenvalue weighted by Gasteiger charge is -2.23. The van der Waals surface area contributed by atoms with Crippen LogP contribution in [0.2, 0.25) is 0 Å². The molecular formula is C18H20O2. The minimum Gasteiger partial charge on any atom is -0.489 e. The number of hydrogen-bond acceptors (Lipinski definition) is 2. The second-order valence-electron chi connectivity index (χ2n) is 5.31. The monoisotopic (exact) mass is 268 g/mol. The summed E-state index contributed by atoms with van der Waals surface area (Å²) in [6.45, 7) is 0.625. The molecule has 2 nitrogen and oxygen atoms in total. The zero-order valence-electron chi connectivity index (χ0n) is 11.8. The van der Waals surface area contributed by atoms with Gasteiger partial charge in [-0.3, -0.25) is 0 Å². The Labute approximate surface area is 120 Å². The summed E-state index contributed by atoms with van der Waals surface area (Å²) in [7, 11) is 1.80. The molecule has 0 heterocycles. The lowest BCUT2D eigenvalue weighted by molar-refractivity contribution is 0.0910. The van der Waals surface area contributed by atoms with Gasteiger partial charge in [0.15, 0.2) is 0 Å². The second-order valence-corrected chi connectivity index (χ2v) is 5.31. The van der Waals surface area contributed by atoms with E-state index in [1.807, 2.05) is 18.2 Å². The van der Waals surface area contributed by atoms with Gasteiger partial charge in [0, 0.05) is 7.11 Å². The van der Waals surface area contributed by atoms with Crippen LogP contribution in [0.25, 0.3) is 0 Å². The molecule has 0 saturated heterocycles. The van der Waals surface area contributed by atoms with E-state index in [9.17, 15) is 0 Å². The number of rotatable bonds is 4. The highest BCUT2D eigenvalue weighted by molar-refractivity contribution is 5.37. The van der Waals surface area contributed by atoms with E-state index in [2.05, 4.69) is 30.3 Å². The Morgan fingerprint density at radius 2 is 1.90 bits per heavy atom. The molecule has 0 N–H and O–H groups in total. The van der Waals surface area contributed by atoms with Crippen molar-refractivity contribution in [1.82, 2.24) is 0 Å². The van der Waals surface area contributed by atoms with Crippen molar-refractivity contribution in [3.8, 4) is 5.75 Å². The zero-order valence-corrected chi connectivity index (χ0v) is 11.8. The summed E-state index contributed by atoms with van der Waals surface area (Å²) in [5.74, 6) is 0.962. The third kappa shape index (κ3) is 3.02. The van der Waals surface area contributed by atoms with Gasteiger partial charge < -0.3 is 9.47 Å². The first kappa shape index (κ1) is 13.2. The second kappa shape index (κ2) is 6.10. The number of ether oxygens (including phenoxy) is 2. The van der Waals surface area contributed by atoms with Gasteiger partial charge in [-0.1, -0.05) is 36.4 Å². The van der Waals surface area contributed by atoms with Crippen LogP contribution in [0.1, 0.15) is 23.1 Å². The topological polar surface area (TPSA) is 18.5 Å². The van der Waals surface area contributed by atoms with Crippen molar-refractivity contribution in [1.29, 1.82) is 0 Å². The lowest BCUT2D eigenvalue weighted by atomic mass is 9.89. The minimum atomic E-state index is 0.374. The SMILES string of the molecule is COC1CCc2cc(OCc3ccccc3)ccc2C1. The van der Waals surface area contributed by atoms with Crippen molar-refractivity contribution in [3.63, 3.8) is 0 Å². The fourth-order valence-electron chi connectivity index (χ4n) is 2.73. The maximum absolute atomic E-state index is 5.88. The van der Waals surface area contributed by atoms with Crippen LogP contribution >= 0.6 is 0 Å². The Kier molecular flexibility index (Phi) is 4.03. The average Bonchev–Trinajstić information content (AvgIpc) is 2.53. The molecule has 0 spiro atoms. The van der Waals surface area contributed by atoms with Gasteiger partial charge in [-0.2, -0.15) is 0 Å². The third-order valence-electron chi connectivity index (χ3n) is 3.94. The van der Waals surface area contributed by atoms with Gasteiger partial charge in [-0.15, -0.1) is 0 Å². The Morgan fingerprint density at radius 3 is 2.70 bits per heavy atom. The predicted octanol–water partition coefficient (Wildman–Crippen LogP) is 3.77. The highest BCUT2D eigenvalue weighted by Crippen LogP contribution is 2.27. The van der Waals surface area contributed by atoms with Gasteiger partial charge >= 0.3 is 0 Å². The normalized spacial score (nSPS) is 17.6. The number of aryl methyl sites for hydroxylation is 1. The van der Waals surface area contributed by atoms with E-state index < -0.39 is 0 Å². The van der Waals surface area contributed by atoms with Gasteiger partial charge in [0.1, 0.15) is 12.4 Å². The molecule has 2 aromatic rings. The van der Waals surface area contributed by atoms with Gasteiger partial charge in [-0.05, 0) is 48.1 Å². The molecule has 1 unspecified atom stereocenters. The minimum absolute atomic E-state index is 0.374. The van der Waals surface area contributed by atoms with E-state index in [0.29, 0.717) is 12.7 Å². The molecule has 1 aliphatic rings. The molecule has 2 heteroatoms. The van der Waals surface area contributed by atoms with E-state index >= 15 is 0 Å². The van der Waals surface area contributed by atoms with Crippen molar-refractivity contribution in [2.24, 2.45) is 0 Å². The molecule has 3 rings (SSSR count). The average molecular weight is 268 g/mol. The summed E-state index contributed by atoms with van der Waals surface area (Å²) in [5, 5.41) is 0. The fraction of sp³-hybridized carbons (Fsp3) is 0.333. The summed E-state index contributed by atoms with van der Waals surface area (Å²) in [4.78, 5) is 0. The van der Waals surface area contributed by atoms with Crippen LogP contribution in [0.15, 0.2) is 48.5 Å². The molecule has 0 aromatic heterocycles. The van der Waals surface area contributed by atoms with Crippen LogP contribution in [0, 0.1) is 0 Å². The first-order valence-electron chi connectivity index (χ1n) is 7.16. The highest BCUT2D eigenvalue weighted by atomic mass is 16.5. The van der Waals surface area contributed by atoms with Crippen molar-refractivity contribution < 1.29 is 9.47 Å². The van der Waals surface area contributed by atoms with Crippen molar-refractivity contribution in [2.45, 2.75) is 32.0 Å². The quantitative estimate of drug-likeness (QED) is 0.840. The van der Waals surface area contributed by atoms with E-state index in [1.165, 1.54) is 16.7 Å². The molecule has 0 amide bonds. The third-order valence-corrected chi connectivity index (χ3v) is 3.94. The molecule has 20 heavy (non-hydrogen) atoms. The van der Waals surface area contributed by atoms with Crippen LogP contribution in [0.5, 0.6) is 5.75 Å². The molecule has 104 valence electrons. The van der Waals surface area contributed by atoms with Crippen molar-refractivity contribution in [2.75, 3.05) is 7.11 Å². The summed E-state index contributed by atoms with van der Waals surface area (Å²) in [5.41, 5.74) is 4.00. The molecule has 0 saturated carbocycles. The molecule has 0 bridgehead atoms. The Hall–Kier alpha value is -1.80. The van der Waals surface area contributed by atoms with Crippen LogP contribution in [-0.2, 0) is 24.2 Å².